The number of rotatable bonds is 4. The lowest BCUT2D eigenvalue weighted by molar-refractivity contribution is 0.816. The van der Waals surface area contributed by atoms with Gasteiger partial charge in [-0.1, -0.05) is 13.0 Å². The molecule has 0 radical (unpaired) electrons. The van der Waals surface area contributed by atoms with Crippen LogP contribution in [0.2, 0.25) is 0 Å². The Hall–Kier alpha value is -1.49. The SMILES string of the molecule is CCCNC(=S)N/N=C(/C)c1ccccn1. The van der Waals surface area contributed by atoms with Crippen LogP contribution in [0.1, 0.15) is 26.0 Å². The van der Waals surface area contributed by atoms with Crippen LogP contribution in [0.3, 0.4) is 0 Å². The first-order valence-electron chi connectivity index (χ1n) is 5.23. The van der Waals surface area contributed by atoms with E-state index in [1.807, 2.05) is 25.1 Å². The molecule has 0 aliphatic rings. The topological polar surface area (TPSA) is 49.3 Å². The molecule has 0 bridgehead atoms. The highest BCUT2D eigenvalue weighted by Crippen LogP contribution is 1.94. The molecule has 0 unspecified atom stereocenters. The molecule has 0 fully saturated rings. The predicted molar refractivity (Wildman–Crippen MR) is 70.5 cm³/mol. The summed E-state index contributed by atoms with van der Waals surface area (Å²) in [5, 5.41) is 7.72. The summed E-state index contributed by atoms with van der Waals surface area (Å²) >= 11 is 5.04. The highest BCUT2D eigenvalue weighted by atomic mass is 32.1. The van der Waals surface area contributed by atoms with E-state index < -0.39 is 0 Å². The van der Waals surface area contributed by atoms with Crippen LogP contribution in [-0.2, 0) is 0 Å². The third-order valence-electron chi connectivity index (χ3n) is 1.90. The Labute approximate surface area is 101 Å². The zero-order valence-corrected chi connectivity index (χ0v) is 10.3. The lowest BCUT2D eigenvalue weighted by atomic mass is 10.3. The number of hydrogen-bond acceptors (Lipinski definition) is 3. The number of hydrogen-bond donors (Lipinski definition) is 2. The summed E-state index contributed by atoms with van der Waals surface area (Å²) in [4.78, 5) is 4.18. The number of nitrogens with one attached hydrogen (secondary N) is 2. The zero-order valence-electron chi connectivity index (χ0n) is 9.53. The molecule has 16 heavy (non-hydrogen) atoms. The van der Waals surface area contributed by atoms with Crippen LogP contribution >= 0.6 is 12.2 Å². The zero-order chi connectivity index (χ0) is 11.8. The van der Waals surface area contributed by atoms with Gasteiger partial charge in [-0.2, -0.15) is 5.10 Å². The first-order valence-corrected chi connectivity index (χ1v) is 5.64. The number of nitrogens with zero attached hydrogens (tertiary/aromatic N) is 2. The van der Waals surface area contributed by atoms with Crippen molar-refractivity contribution in [2.45, 2.75) is 20.3 Å². The fourth-order valence-electron chi connectivity index (χ4n) is 1.05. The van der Waals surface area contributed by atoms with Crippen LogP contribution in [0, 0.1) is 0 Å². The second-order valence-corrected chi connectivity index (χ2v) is 3.69. The van der Waals surface area contributed by atoms with Crippen molar-refractivity contribution in [3.05, 3.63) is 30.1 Å². The Balaban J connectivity index is 2.48. The highest BCUT2D eigenvalue weighted by molar-refractivity contribution is 7.80. The Kier molecular flexibility index (Phi) is 5.42. The van der Waals surface area contributed by atoms with Gasteiger partial charge in [0.2, 0.25) is 0 Å². The van der Waals surface area contributed by atoms with Gasteiger partial charge >= 0.3 is 0 Å². The summed E-state index contributed by atoms with van der Waals surface area (Å²) in [6, 6.07) is 5.70. The maximum absolute atomic E-state index is 5.04. The van der Waals surface area contributed by atoms with Crippen molar-refractivity contribution in [3.8, 4) is 0 Å². The van der Waals surface area contributed by atoms with Gasteiger partial charge in [0, 0.05) is 12.7 Å². The van der Waals surface area contributed by atoms with Gasteiger partial charge in [-0.25, -0.2) is 0 Å². The number of pyridine rings is 1. The van der Waals surface area contributed by atoms with Crippen molar-refractivity contribution >= 4 is 23.0 Å². The van der Waals surface area contributed by atoms with E-state index in [0.29, 0.717) is 5.11 Å². The summed E-state index contributed by atoms with van der Waals surface area (Å²) in [6.45, 7) is 4.82. The minimum absolute atomic E-state index is 0.539. The molecule has 0 amide bonds. The van der Waals surface area contributed by atoms with Gasteiger partial charge in [-0.15, -0.1) is 0 Å². The average Bonchev–Trinajstić information content (AvgIpc) is 2.34. The summed E-state index contributed by atoms with van der Waals surface area (Å²) in [7, 11) is 0. The number of aromatic nitrogens is 1. The van der Waals surface area contributed by atoms with Crippen LogP contribution in [0.5, 0.6) is 0 Å². The molecule has 86 valence electrons. The van der Waals surface area contributed by atoms with Crippen molar-refractivity contribution in [2.24, 2.45) is 5.10 Å². The molecular weight excluding hydrogens is 220 g/mol. The van der Waals surface area contributed by atoms with Crippen molar-refractivity contribution in [3.63, 3.8) is 0 Å². The van der Waals surface area contributed by atoms with Gasteiger partial charge in [0.25, 0.3) is 0 Å². The van der Waals surface area contributed by atoms with Crippen LogP contribution < -0.4 is 10.7 Å². The van der Waals surface area contributed by atoms with Crippen LogP contribution in [-0.4, -0.2) is 22.4 Å². The first kappa shape index (κ1) is 12.6. The quantitative estimate of drug-likeness (QED) is 0.474. The standard InChI is InChI=1S/C11H16N4S/c1-3-7-13-11(16)15-14-9(2)10-6-4-5-8-12-10/h4-6,8H,3,7H2,1-2H3,(H2,13,15,16)/b14-9-. The van der Waals surface area contributed by atoms with Gasteiger partial charge in [0.1, 0.15) is 0 Å². The van der Waals surface area contributed by atoms with Crippen molar-refractivity contribution in [2.75, 3.05) is 6.54 Å². The van der Waals surface area contributed by atoms with Gasteiger partial charge in [-0.3, -0.25) is 10.4 Å². The molecule has 0 saturated heterocycles. The lowest BCUT2D eigenvalue weighted by Crippen LogP contribution is -2.33. The normalized spacial score (nSPS) is 11.0. The highest BCUT2D eigenvalue weighted by Gasteiger charge is 1.97. The fourth-order valence-corrected chi connectivity index (χ4v) is 1.19. The van der Waals surface area contributed by atoms with E-state index in [9.17, 15) is 0 Å². The van der Waals surface area contributed by atoms with Gasteiger partial charge < -0.3 is 5.32 Å². The van der Waals surface area contributed by atoms with Crippen LogP contribution in [0.4, 0.5) is 0 Å². The molecule has 0 aliphatic heterocycles. The Morgan fingerprint density at radius 2 is 2.31 bits per heavy atom. The van der Waals surface area contributed by atoms with E-state index in [4.69, 9.17) is 12.2 Å². The van der Waals surface area contributed by atoms with Crippen molar-refractivity contribution in [1.82, 2.24) is 15.7 Å². The smallest absolute Gasteiger partial charge is 0.186 e. The molecular formula is C11H16N4S. The van der Waals surface area contributed by atoms with E-state index in [0.717, 1.165) is 24.4 Å². The minimum atomic E-state index is 0.539. The third kappa shape index (κ3) is 4.35. The molecule has 1 aromatic heterocycles. The van der Waals surface area contributed by atoms with E-state index in [1.165, 1.54) is 0 Å². The Bertz CT molecular complexity index is 362. The van der Waals surface area contributed by atoms with Crippen molar-refractivity contribution < 1.29 is 0 Å². The summed E-state index contributed by atoms with van der Waals surface area (Å²) < 4.78 is 0. The molecule has 0 spiro atoms. The average molecular weight is 236 g/mol. The molecule has 1 heterocycles. The largest absolute Gasteiger partial charge is 0.361 e. The first-order chi connectivity index (χ1) is 7.74. The van der Waals surface area contributed by atoms with E-state index in [1.54, 1.807) is 6.20 Å². The molecule has 0 atom stereocenters. The number of thiocarbonyl (C=S) groups is 1. The molecule has 0 saturated carbocycles. The molecule has 0 aliphatic carbocycles. The maximum atomic E-state index is 5.04. The van der Waals surface area contributed by atoms with Gasteiger partial charge in [0.15, 0.2) is 5.11 Å². The van der Waals surface area contributed by atoms with E-state index in [2.05, 4.69) is 27.8 Å². The Morgan fingerprint density at radius 1 is 1.50 bits per heavy atom. The predicted octanol–water partition coefficient (Wildman–Crippen LogP) is 1.68. The lowest BCUT2D eigenvalue weighted by Gasteiger charge is -2.06. The Morgan fingerprint density at radius 3 is 2.94 bits per heavy atom. The molecule has 4 nitrogen and oxygen atoms in total. The molecule has 1 aromatic rings. The maximum Gasteiger partial charge on any atom is 0.186 e. The summed E-state index contributed by atoms with van der Waals surface area (Å²) in [6.07, 6.45) is 2.77. The van der Waals surface area contributed by atoms with Gasteiger partial charge in [-0.05, 0) is 37.7 Å². The molecule has 1 rings (SSSR count). The second-order valence-electron chi connectivity index (χ2n) is 3.28. The van der Waals surface area contributed by atoms with Crippen LogP contribution in [0.15, 0.2) is 29.5 Å². The molecule has 2 N–H and O–H groups in total. The minimum Gasteiger partial charge on any atom is -0.361 e. The summed E-state index contributed by atoms with van der Waals surface area (Å²) in [5.41, 5.74) is 4.43. The molecule has 0 aromatic carbocycles. The van der Waals surface area contributed by atoms with E-state index in [-0.39, 0.29) is 0 Å². The monoisotopic (exact) mass is 236 g/mol. The molecule has 5 heteroatoms. The van der Waals surface area contributed by atoms with Crippen molar-refractivity contribution in [1.29, 1.82) is 0 Å². The van der Waals surface area contributed by atoms with E-state index >= 15 is 0 Å². The van der Waals surface area contributed by atoms with Gasteiger partial charge in [0.05, 0.1) is 11.4 Å². The third-order valence-corrected chi connectivity index (χ3v) is 2.13. The number of hydrazone groups is 1. The fraction of sp³-hybridized carbons (Fsp3) is 0.364. The second kappa shape index (κ2) is 6.90. The van der Waals surface area contributed by atoms with Crippen LogP contribution in [0.25, 0.3) is 0 Å². The summed E-state index contributed by atoms with van der Waals surface area (Å²) in [5.74, 6) is 0.